The van der Waals surface area contributed by atoms with Gasteiger partial charge in [-0.05, 0) is 25.8 Å². The highest BCUT2D eigenvalue weighted by Gasteiger charge is 2.21. The minimum absolute atomic E-state index is 0.240. The summed E-state index contributed by atoms with van der Waals surface area (Å²) in [7, 11) is 3.12. The molecular weight excluding hydrogens is 290 g/mol. The van der Waals surface area contributed by atoms with Crippen molar-refractivity contribution in [3.05, 3.63) is 28.3 Å². The highest BCUT2D eigenvalue weighted by atomic mass is 32.1. The zero-order valence-electron chi connectivity index (χ0n) is 12.0. The number of hydrogen-bond donors (Lipinski definition) is 1. The van der Waals surface area contributed by atoms with E-state index in [1.165, 1.54) is 0 Å². The van der Waals surface area contributed by atoms with Crippen LogP contribution < -0.4 is 9.47 Å². The van der Waals surface area contributed by atoms with Gasteiger partial charge in [-0.3, -0.25) is 4.99 Å². The average Bonchev–Trinajstić information content (AvgIpc) is 2.89. The number of carboxylic acid groups (broad SMARTS) is 1. The molecule has 2 aromatic rings. The van der Waals surface area contributed by atoms with Gasteiger partial charge < -0.3 is 14.6 Å². The summed E-state index contributed by atoms with van der Waals surface area (Å²) in [5.74, 6) is 0.279. The lowest BCUT2D eigenvalue weighted by Gasteiger charge is -2.14. The second-order valence-corrected chi connectivity index (χ2v) is 5.31. The van der Waals surface area contributed by atoms with Gasteiger partial charge in [0.15, 0.2) is 0 Å². The minimum atomic E-state index is -0.970. The number of nitrogens with zero attached hydrogens (tertiary/aromatic N) is 1. The fourth-order valence-corrected chi connectivity index (χ4v) is 3.28. The highest BCUT2D eigenvalue weighted by molar-refractivity contribution is 7.21. The molecule has 0 aliphatic carbocycles. The Hall–Kier alpha value is -2.34. The van der Waals surface area contributed by atoms with Gasteiger partial charge in [-0.25, -0.2) is 4.79 Å². The van der Waals surface area contributed by atoms with Gasteiger partial charge in [0, 0.05) is 22.7 Å². The largest absolute Gasteiger partial charge is 0.496 e. The molecule has 0 aliphatic rings. The van der Waals surface area contributed by atoms with Crippen LogP contribution in [0.15, 0.2) is 17.3 Å². The van der Waals surface area contributed by atoms with Crippen LogP contribution in [0.2, 0.25) is 0 Å². The third kappa shape index (κ3) is 2.50. The van der Waals surface area contributed by atoms with Gasteiger partial charge in [-0.15, -0.1) is 11.3 Å². The van der Waals surface area contributed by atoms with Gasteiger partial charge in [-0.2, -0.15) is 0 Å². The van der Waals surface area contributed by atoms with E-state index in [4.69, 9.17) is 9.47 Å². The Morgan fingerprint density at radius 3 is 2.57 bits per heavy atom. The number of thiophene rings is 1. The Balaban J connectivity index is 2.91. The van der Waals surface area contributed by atoms with Gasteiger partial charge >= 0.3 is 5.97 Å². The molecule has 0 fully saturated rings. The number of benzene rings is 1. The summed E-state index contributed by atoms with van der Waals surface area (Å²) in [6, 6.07) is 1.61. The number of ether oxygens (including phenoxy) is 2. The van der Waals surface area contributed by atoms with Gasteiger partial charge in [0.1, 0.15) is 16.4 Å². The second-order valence-electron chi connectivity index (χ2n) is 4.26. The Bertz CT molecular complexity index is 746. The maximum Gasteiger partial charge on any atom is 0.345 e. The zero-order chi connectivity index (χ0) is 15.6. The van der Waals surface area contributed by atoms with E-state index in [0.29, 0.717) is 11.5 Å². The number of hydrogen-bond acceptors (Lipinski definition) is 5. The van der Waals surface area contributed by atoms with Crippen LogP contribution in [0.25, 0.3) is 16.2 Å². The van der Waals surface area contributed by atoms with Crippen molar-refractivity contribution in [3.63, 3.8) is 0 Å². The molecule has 0 saturated heterocycles. The molecule has 110 valence electrons. The maximum atomic E-state index is 11.2. The van der Waals surface area contributed by atoms with Crippen molar-refractivity contribution in [2.24, 2.45) is 4.99 Å². The summed E-state index contributed by atoms with van der Waals surface area (Å²) in [6.45, 7) is 5.30. The monoisotopic (exact) mass is 305 g/mol. The summed E-state index contributed by atoms with van der Waals surface area (Å²) in [6.07, 6.45) is 3.32. The van der Waals surface area contributed by atoms with Gasteiger partial charge in [-0.1, -0.05) is 0 Å². The summed E-state index contributed by atoms with van der Waals surface area (Å²) >= 11 is 1.16. The molecule has 5 nitrogen and oxygen atoms in total. The predicted molar refractivity (Wildman–Crippen MR) is 85.2 cm³/mol. The molecule has 2 rings (SSSR count). The Morgan fingerprint density at radius 1 is 1.38 bits per heavy atom. The minimum Gasteiger partial charge on any atom is -0.496 e. The maximum absolute atomic E-state index is 11.2. The molecule has 21 heavy (non-hydrogen) atoms. The number of fused-ring (bicyclic) bond motifs is 1. The smallest absolute Gasteiger partial charge is 0.345 e. The van der Waals surface area contributed by atoms with Crippen LogP contribution in [0, 0.1) is 6.92 Å². The molecule has 1 heterocycles. The van der Waals surface area contributed by atoms with Crippen LogP contribution >= 0.6 is 11.3 Å². The fraction of sp³-hybridized carbons (Fsp3) is 0.200. The molecule has 0 spiro atoms. The van der Waals surface area contributed by atoms with Crippen molar-refractivity contribution < 1.29 is 19.4 Å². The first-order chi connectivity index (χ1) is 10.0. The number of carbonyl (C=O) groups is 1. The lowest BCUT2D eigenvalue weighted by molar-refractivity contribution is 0.0702. The predicted octanol–water partition coefficient (Wildman–Crippen LogP) is 3.60. The van der Waals surface area contributed by atoms with Crippen LogP contribution in [0.3, 0.4) is 0 Å². The number of rotatable bonds is 5. The number of carboxylic acids is 1. The quantitative estimate of drug-likeness (QED) is 0.857. The van der Waals surface area contributed by atoms with Crippen molar-refractivity contribution in [1.29, 1.82) is 0 Å². The van der Waals surface area contributed by atoms with Gasteiger partial charge in [0.25, 0.3) is 0 Å². The van der Waals surface area contributed by atoms with Gasteiger partial charge in [0.2, 0.25) is 0 Å². The first kappa shape index (κ1) is 15.1. The molecule has 1 N–H and O–H groups in total. The Kier molecular flexibility index (Phi) is 4.28. The first-order valence-corrected chi connectivity index (χ1v) is 6.90. The lowest BCUT2D eigenvalue weighted by Crippen LogP contribution is -1.95. The van der Waals surface area contributed by atoms with Crippen LogP contribution in [0.5, 0.6) is 11.5 Å². The molecule has 0 atom stereocenters. The van der Waals surface area contributed by atoms with Crippen molar-refractivity contribution >= 4 is 40.2 Å². The van der Waals surface area contributed by atoms with Gasteiger partial charge in [0.05, 0.1) is 18.9 Å². The highest BCUT2D eigenvalue weighted by Crippen LogP contribution is 2.45. The van der Waals surface area contributed by atoms with Crippen LogP contribution in [-0.4, -0.2) is 32.0 Å². The number of aromatic carboxylic acids is 1. The number of aliphatic imine (C=N–C) groups is 1. The van der Waals surface area contributed by atoms with E-state index < -0.39 is 5.97 Å². The molecule has 0 amide bonds. The van der Waals surface area contributed by atoms with Crippen LogP contribution in [-0.2, 0) is 0 Å². The zero-order valence-corrected chi connectivity index (χ0v) is 12.8. The number of methoxy groups -OCH3 is 2. The lowest BCUT2D eigenvalue weighted by atomic mass is 10.0. The molecule has 0 aliphatic heterocycles. The topological polar surface area (TPSA) is 68.1 Å². The third-order valence-corrected chi connectivity index (χ3v) is 4.26. The fourth-order valence-electron chi connectivity index (χ4n) is 2.24. The first-order valence-electron chi connectivity index (χ1n) is 6.08. The Labute approximate surface area is 126 Å². The summed E-state index contributed by atoms with van der Waals surface area (Å²) in [4.78, 5) is 15.1. The normalized spacial score (nSPS) is 11.0. The van der Waals surface area contributed by atoms with Crippen molar-refractivity contribution in [2.75, 3.05) is 14.2 Å². The summed E-state index contributed by atoms with van der Waals surface area (Å²) < 4.78 is 11.7. The van der Waals surface area contributed by atoms with E-state index in [0.717, 1.165) is 32.5 Å². The molecule has 0 bridgehead atoms. The van der Waals surface area contributed by atoms with Crippen molar-refractivity contribution in [1.82, 2.24) is 0 Å². The third-order valence-electron chi connectivity index (χ3n) is 3.14. The van der Waals surface area contributed by atoms with E-state index in [-0.39, 0.29) is 4.88 Å². The average molecular weight is 305 g/mol. The molecule has 0 unspecified atom stereocenters. The Morgan fingerprint density at radius 2 is 2.05 bits per heavy atom. The molecule has 0 saturated carbocycles. The second kappa shape index (κ2) is 5.97. The van der Waals surface area contributed by atoms with E-state index in [1.54, 1.807) is 32.6 Å². The SMILES string of the molecule is C=N/C=C\c1c(C)c(OC)c2cc(C(=O)O)sc2c1OC. The van der Waals surface area contributed by atoms with Crippen LogP contribution in [0.4, 0.5) is 0 Å². The molecule has 1 aromatic carbocycles. The van der Waals surface area contributed by atoms with E-state index in [1.807, 2.05) is 6.92 Å². The van der Waals surface area contributed by atoms with E-state index in [9.17, 15) is 9.90 Å². The molecule has 6 heteroatoms. The van der Waals surface area contributed by atoms with E-state index >= 15 is 0 Å². The molecular formula is C15H15NO4S. The van der Waals surface area contributed by atoms with Crippen molar-refractivity contribution in [2.45, 2.75) is 6.92 Å². The summed E-state index contributed by atoms with van der Waals surface area (Å²) in [5.41, 5.74) is 1.66. The molecule has 0 radical (unpaired) electrons. The van der Waals surface area contributed by atoms with Crippen LogP contribution in [0.1, 0.15) is 20.8 Å². The van der Waals surface area contributed by atoms with Crippen molar-refractivity contribution in [3.8, 4) is 11.5 Å². The molecule has 1 aromatic heterocycles. The standard InChI is InChI=1S/C15H15NO4S/c1-8-9(5-6-16-2)13(20-4)14-10(12(8)19-3)7-11(21-14)15(17)18/h5-7H,2H2,1,3-4H3,(H,17,18)/b6-5-. The summed E-state index contributed by atoms with van der Waals surface area (Å²) in [5, 5.41) is 9.92. The van der Waals surface area contributed by atoms with E-state index in [2.05, 4.69) is 11.7 Å².